The van der Waals surface area contributed by atoms with Crippen molar-refractivity contribution in [1.82, 2.24) is 0 Å². The van der Waals surface area contributed by atoms with Crippen molar-refractivity contribution in [3.05, 3.63) is 57.1 Å². The van der Waals surface area contributed by atoms with E-state index in [0.717, 1.165) is 0 Å². The number of hydrogen-bond donors (Lipinski definition) is 3. The van der Waals surface area contributed by atoms with Crippen LogP contribution in [0.1, 0.15) is 21.5 Å². The Morgan fingerprint density at radius 1 is 1.29 bits per heavy atom. The molecule has 0 bridgehead atoms. The molecule has 0 heterocycles. The second-order valence-electron chi connectivity index (χ2n) is 4.53. The number of aromatic hydroxyl groups is 1. The van der Waals surface area contributed by atoms with Crippen LogP contribution >= 0.6 is 23.2 Å². The molecule has 2 aromatic rings. The minimum absolute atomic E-state index is 0.0411. The molecule has 6 heteroatoms. The number of anilines is 1. The van der Waals surface area contributed by atoms with Crippen LogP contribution in [-0.4, -0.2) is 16.2 Å². The normalized spacial score (nSPS) is 10.4. The second kappa shape index (κ2) is 6.24. The largest absolute Gasteiger partial charge is 0.506 e. The molecule has 0 aliphatic rings. The van der Waals surface area contributed by atoms with Gasteiger partial charge in [0.2, 0.25) is 0 Å². The quantitative estimate of drug-likeness (QED) is 0.783. The number of phenolic OH excluding ortho intramolecular Hbond substituents is 1. The molecular weight excluding hydrogens is 313 g/mol. The van der Waals surface area contributed by atoms with Crippen molar-refractivity contribution in [1.29, 1.82) is 0 Å². The Kier molecular flexibility index (Phi) is 4.60. The lowest BCUT2D eigenvalue weighted by atomic mass is 10.1. The second-order valence-corrected chi connectivity index (χ2v) is 5.38. The van der Waals surface area contributed by atoms with Crippen LogP contribution in [0.15, 0.2) is 30.3 Å². The molecule has 110 valence electrons. The minimum atomic E-state index is -0.982. The molecule has 0 spiro atoms. The number of rotatable bonds is 4. The van der Waals surface area contributed by atoms with Crippen molar-refractivity contribution in [2.75, 3.05) is 5.32 Å². The van der Waals surface area contributed by atoms with Crippen LogP contribution in [0.4, 0.5) is 5.69 Å². The molecule has 2 aromatic carbocycles. The number of nitrogens with one attached hydrogen (secondary N) is 1. The van der Waals surface area contributed by atoms with E-state index >= 15 is 0 Å². The fourth-order valence-corrected chi connectivity index (χ4v) is 2.54. The maximum absolute atomic E-state index is 11.1. The molecule has 0 atom stereocenters. The first-order chi connectivity index (χ1) is 9.90. The van der Waals surface area contributed by atoms with Crippen LogP contribution in [-0.2, 0) is 6.54 Å². The zero-order valence-corrected chi connectivity index (χ0v) is 12.7. The molecule has 21 heavy (non-hydrogen) atoms. The Labute approximate surface area is 131 Å². The number of hydrogen-bond acceptors (Lipinski definition) is 3. The van der Waals surface area contributed by atoms with Crippen LogP contribution in [0, 0.1) is 6.92 Å². The summed E-state index contributed by atoms with van der Waals surface area (Å²) < 4.78 is 0. The summed E-state index contributed by atoms with van der Waals surface area (Å²) in [5.74, 6) is -1.02. The molecule has 0 saturated heterocycles. The predicted molar refractivity (Wildman–Crippen MR) is 83.6 cm³/mol. The number of carbonyl (C=O) groups is 1. The van der Waals surface area contributed by atoms with Crippen LogP contribution in [0.25, 0.3) is 0 Å². The maximum atomic E-state index is 11.1. The van der Waals surface area contributed by atoms with Gasteiger partial charge in [-0.05, 0) is 36.8 Å². The highest BCUT2D eigenvalue weighted by molar-refractivity contribution is 6.35. The molecule has 0 amide bonds. The van der Waals surface area contributed by atoms with E-state index in [9.17, 15) is 9.90 Å². The molecule has 0 radical (unpaired) electrons. The van der Waals surface area contributed by atoms with E-state index < -0.39 is 5.97 Å². The van der Waals surface area contributed by atoms with Gasteiger partial charge in [0.15, 0.2) is 0 Å². The predicted octanol–water partition coefficient (Wildman–Crippen LogP) is 4.32. The number of carboxylic acids is 1. The molecule has 2 rings (SSSR count). The van der Waals surface area contributed by atoms with Gasteiger partial charge in [0.1, 0.15) is 5.75 Å². The lowest BCUT2D eigenvalue weighted by Crippen LogP contribution is -2.06. The summed E-state index contributed by atoms with van der Waals surface area (Å²) in [6.07, 6.45) is 0. The van der Waals surface area contributed by atoms with Crippen molar-refractivity contribution in [3.63, 3.8) is 0 Å². The van der Waals surface area contributed by atoms with Gasteiger partial charge >= 0.3 is 5.97 Å². The highest BCUT2D eigenvalue weighted by Gasteiger charge is 2.11. The Morgan fingerprint density at radius 2 is 2.00 bits per heavy atom. The smallest absolute Gasteiger partial charge is 0.336 e. The lowest BCUT2D eigenvalue weighted by Gasteiger charge is -2.13. The molecule has 4 nitrogen and oxygen atoms in total. The van der Waals surface area contributed by atoms with Crippen LogP contribution in [0.5, 0.6) is 5.75 Å². The molecule has 0 unspecified atom stereocenters. The van der Waals surface area contributed by atoms with E-state index in [1.807, 2.05) is 0 Å². The highest BCUT2D eigenvalue weighted by Crippen LogP contribution is 2.32. The monoisotopic (exact) mass is 325 g/mol. The number of halogens is 2. The summed E-state index contributed by atoms with van der Waals surface area (Å²) in [6, 6.07) is 8.02. The average Bonchev–Trinajstić information content (AvgIpc) is 2.42. The van der Waals surface area contributed by atoms with Gasteiger partial charge in [-0.1, -0.05) is 29.3 Å². The van der Waals surface area contributed by atoms with Crippen molar-refractivity contribution in [2.24, 2.45) is 0 Å². The van der Waals surface area contributed by atoms with Gasteiger partial charge in [0.05, 0.1) is 10.6 Å². The SMILES string of the molecule is Cc1c(NCc2cc(Cl)cc(Cl)c2O)cccc1C(=O)O. The van der Waals surface area contributed by atoms with Gasteiger partial charge in [0, 0.05) is 22.8 Å². The number of carboxylic acid groups (broad SMARTS) is 1. The third-order valence-electron chi connectivity index (χ3n) is 3.14. The lowest BCUT2D eigenvalue weighted by molar-refractivity contribution is 0.0696. The van der Waals surface area contributed by atoms with Gasteiger partial charge in [-0.3, -0.25) is 0 Å². The summed E-state index contributed by atoms with van der Waals surface area (Å²) in [7, 11) is 0. The van der Waals surface area contributed by atoms with Crippen molar-refractivity contribution in [3.8, 4) is 5.75 Å². The standard InChI is InChI=1S/C15H13Cl2NO3/c1-8-11(15(20)21)3-2-4-13(8)18-7-9-5-10(16)6-12(17)14(9)19/h2-6,18-19H,7H2,1H3,(H,20,21). The van der Waals surface area contributed by atoms with E-state index in [4.69, 9.17) is 28.3 Å². The first-order valence-corrected chi connectivity index (χ1v) is 6.89. The zero-order valence-electron chi connectivity index (χ0n) is 11.2. The fraction of sp³-hybridized carbons (Fsp3) is 0.133. The van der Waals surface area contributed by atoms with Gasteiger partial charge in [-0.2, -0.15) is 0 Å². The Balaban J connectivity index is 2.25. The summed E-state index contributed by atoms with van der Waals surface area (Å²) in [5, 5.41) is 22.7. The summed E-state index contributed by atoms with van der Waals surface area (Å²) in [4.78, 5) is 11.1. The van der Waals surface area contributed by atoms with Crippen molar-refractivity contribution in [2.45, 2.75) is 13.5 Å². The third kappa shape index (κ3) is 3.40. The van der Waals surface area contributed by atoms with E-state index in [1.54, 1.807) is 25.1 Å². The summed E-state index contributed by atoms with van der Waals surface area (Å²) in [6.45, 7) is 1.99. The van der Waals surface area contributed by atoms with Crippen molar-refractivity contribution >= 4 is 34.9 Å². The summed E-state index contributed by atoms with van der Waals surface area (Å²) >= 11 is 11.8. The highest BCUT2D eigenvalue weighted by atomic mass is 35.5. The number of phenols is 1. The van der Waals surface area contributed by atoms with Crippen LogP contribution < -0.4 is 5.32 Å². The first kappa shape index (κ1) is 15.5. The Hall–Kier alpha value is -1.91. The third-order valence-corrected chi connectivity index (χ3v) is 3.65. The molecule has 0 aromatic heterocycles. The molecule has 0 aliphatic carbocycles. The van der Waals surface area contributed by atoms with E-state index in [0.29, 0.717) is 21.8 Å². The molecular formula is C15H13Cl2NO3. The van der Waals surface area contributed by atoms with E-state index in [2.05, 4.69) is 5.32 Å². The Bertz CT molecular complexity index is 702. The number of aromatic carboxylic acids is 1. The zero-order chi connectivity index (χ0) is 15.6. The van der Waals surface area contributed by atoms with Gasteiger partial charge in [-0.25, -0.2) is 4.79 Å². The molecule has 0 fully saturated rings. The Morgan fingerprint density at radius 3 is 2.67 bits per heavy atom. The fourth-order valence-electron chi connectivity index (χ4n) is 2.00. The molecule has 0 saturated carbocycles. The van der Waals surface area contributed by atoms with Crippen LogP contribution in [0.3, 0.4) is 0 Å². The van der Waals surface area contributed by atoms with E-state index in [1.165, 1.54) is 12.1 Å². The van der Waals surface area contributed by atoms with Crippen molar-refractivity contribution < 1.29 is 15.0 Å². The molecule has 0 aliphatic heterocycles. The first-order valence-electron chi connectivity index (χ1n) is 6.14. The topological polar surface area (TPSA) is 69.6 Å². The summed E-state index contributed by atoms with van der Waals surface area (Å²) in [5.41, 5.74) is 2.06. The molecule has 3 N–H and O–H groups in total. The average molecular weight is 326 g/mol. The van der Waals surface area contributed by atoms with Gasteiger partial charge < -0.3 is 15.5 Å². The van der Waals surface area contributed by atoms with E-state index in [-0.39, 0.29) is 22.9 Å². The van der Waals surface area contributed by atoms with Gasteiger partial charge in [0.25, 0.3) is 0 Å². The van der Waals surface area contributed by atoms with Crippen LogP contribution in [0.2, 0.25) is 10.0 Å². The number of benzene rings is 2. The maximum Gasteiger partial charge on any atom is 0.336 e. The minimum Gasteiger partial charge on any atom is -0.506 e. The van der Waals surface area contributed by atoms with Gasteiger partial charge in [-0.15, -0.1) is 0 Å².